The second-order valence-corrected chi connectivity index (χ2v) is 9.40. The SMILES string of the molecule is CC1(C)C(=O)Nc2cc(Nc3nc4c(N5CCC6(CC5)NC(=O)NC6=O)nccn4n3)ccc21. The van der Waals surface area contributed by atoms with Gasteiger partial charge in [-0.3, -0.25) is 14.9 Å². The van der Waals surface area contributed by atoms with Crippen molar-refractivity contribution < 1.29 is 14.4 Å². The van der Waals surface area contributed by atoms with Gasteiger partial charge in [-0.1, -0.05) is 6.07 Å². The van der Waals surface area contributed by atoms with E-state index < -0.39 is 17.0 Å². The van der Waals surface area contributed by atoms with Crippen LogP contribution in [-0.2, 0) is 15.0 Å². The van der Waals surface area contributed by atoms with Crippen LogP contribution in [-0.4, -0.2) is 56.1 Å². The first kappa shape index (κ1) is 20.4. The number of imide groups is 1. The van der Waals surface area contributed by atoms with Gasteiger partial charge in [-0.2, -0.15) is 4.98 Å². The number of carbonyl (C=O) groups is 3. The van der Waals surface area contributed by atoms with Crippen LogP contribution in [0.3, 0.4) is 0 Å². The van der Waals surface area contributed by atoms with Gasteiger partial charge in [-0.05, 0) is 44.4 Å². The molecule has 12 heteroatoms. The van der Waals surface area contributed by atoms with Gasteiger partial charge in [0.05, 0.1) is 5.41 Å². The van der Waals surface area contributed by atoms with Crippen LogP contribution in [0.25, 0.3) is 5.65 Å². The van der Waals surface area contributed by atoms with Crippen molar-refractivity contribution in [2.75, 3.05) is 28.6 Å². The van der Waals surface area contributed by atoms with Crippen LogP contribution in [0.2, 0.25) is 0 Å². The highest BCUT2D eigenvalue weighted by molar-refractivity contribution is 6.07. The topological polar surface area (TPSA) is 146 Å². The van der Waals surface area contributed by atoms with Crippen molar-refractivity contribution in [3.63, 3.8) is 0 Å². The molecular weight excluding hydrogens is 438 g/mol. The number of aromatic nitrogens is 4. The van der Waals surface area contributed by atoms with Crippen LogP contribution >= 0.6 is 0 Å². The van der Waals surface area contributed by atoms with Crippen molar-refractivity contribution in [1.29, 1.82) is 0 Å². The zero-order valence-electron chi connectivity index (χ0n) is 18.7. The maximum atomic E-state index is 12.2. The number of fused-ring (bicyclic) bond motifs is 2. The van der Waals surface area contributed by atoms with E-state index in [0.717, 1.165) is 16.9 Å². The predicted octanol–water partition coefficient (Wildman–Crippen LogP) is 1.28. The van der Waals surface area contributed by atoms with E-state index >= 15 is 0 Å². The highest BCUT2D eigenvalue weighted by Gasteiger charge is 2.48. The minimum absolute atomic E-state index is 0.0285. The molecule has 2 saturated heterocycles. The number of nitrogens with one attached hydrogen (secondary N) is 4. The standard InChI is InChI=1S/C22H23N9O3/c1-21(2)13-4-3-12(11-14(13)25-17(21)32)24-19-26-16-15(23-7-10-31(16)29-19)30-8-5-22(6-9-30)18(33)27-20(34)28-22/h3-4,7,10-11H,5-6,8-9H2,1-2H3,(H,24,29)(H,25,32)(H2,27,28,33,34). The van der Waals surface area contributed by atoms with Gasteiger partial charge in [-0.25, -0.2) is 14.3 Å². The van der Waals surface area contributed by atoms with Gasteiger partial charge in [0, 0.05) is 36.9 Å². The van der Waals surface area contributed by atoms with Crippen molar-refractivity contribution >= 4 is 46.6 Å². The Bertz CT molecular complexity index is 1370. The van der Waals surface area contributed by atoms with Gasteiger partial charge in [0.1, 0.15) is 5.54 Å². The first-order chi connectivity index (χ1) is 16.2. The lowest BCUT2D eigenvalue weighted by Gasteiger charge is -2.37. The number of nitrogens with zero attached hydrogens (tertiary/aromatic N) is 5. The molecule has 6 rings (SSSR count). The lowest BCUT2D eigenvalue weighted by atomic mass is 9.86. The molecule has 5 heterocycles. The fourth-order valence-electron chi connectivity index (χ4n) is 4.86. The summed E-state index contributed by atoms with van der Waals surface area (Å²) in [6, 6.07) is 5.26. The molecule has 4 N–H and O–H groups in total. The van der Waals surface area contributed by atoms with E-state index in [1.165, 1.54) is 0 Å². The first-order valence-corrected chi connectivity index (χ1v) is 11.1. The Hall–Kier alpha value is -4.22. The predicted molar refractivity (Wildman–Crippen MR) is 123 cm³/mol. The number of hydrogen-bond donors (Lipinski definition) is 4. The van der Waals surface area contributed by atoms with Gasteiger partial charge in [0.2, 0.25) is 11.9 Å². The molecular formula is C22H23N9O3. The Morgan fingerprint density at radius 3 is 2.59 bits per heavy atom. The lowest BCUT2D eigenvalue weighted by molar-refractivity contribution is -0.124. The first-order valence-electron chi connectivity index (χ1n) is 11.1. The largest absolute Gasteiger partial charge is 0.353 e. The third-order valence-electron chi connectivity index (χ3n) is 6.93. The van der Waals surface area contributed by atoms with E-state index in [2.05, 4.69) is 36.3 Å². The molecule has 174 valence electrons. The molecule has 4 amide bonds. The van der Waals surface area contributed by atoms with E-state index in [1.54, 1.807) is 16.9 Å². The molecule has 12 nitrogen and oxygen atoms in total. The fraction of sp³-hybridized carbons (Fsp3) is 0.364. The van der Waals surface area contributed by atoms with E-state index in [0.29, 0.717) is 43.3 Å². The molecule has 0 radical (unpaired) electrons. The van der Waals surface area contributed by atoms with Crippen LogP contribution in [0.15, 0.2) is 30.6 Å². The maximum Gasteiger partial charge on any atom is 0.322 e. The molecule has 3 aliphatic rings. The second-order valence-electron chi connectivity index (χ2n) is 9.40. The molecule has 34 heavy (non-hydrogen) atoms. The smallest absolute Gasteiger partial charge is 0.322 e. The molecule has 2 fully saturated rings. The number of amides is 4. The Morgan fingerprint density at radius 2 is 1.85 bits per heavy atom. The highest BCUT2D eigenvalue weighted by atomic mass is 16.2. The minimum Gasteiger partial charge on any atom is -0.353 e. The van der Waals surface area contributed by atoms with Crippen LogP contribution < -0.4 is 26.2 Å². The van der Waals surface area contributed by atoms with E-state index in [1.807, 2.05) is 36.9 Å². The van der Waals surface area contributed by atoms with Crippen molar-refractivity contribution in [2.24, 2.45) is 0 Å². The van der Waals surface area contributed by atoms with Crippen LogP contribution in [0.4, 0.5) is 27.9 Å². The summed E-state index contributed by atoms with van der Waals surface area (Å²) in [6.07, 6.45) is 4.33. The van der Waals surface area contributed by atoms with Crippen molar-refractivity contribution in [3.05, 3.63) is 36.2 Å². The molecule has 3 aromatic rings. The van der Waals surface area contributed by atoms with Crippen LogP contribution in [0.1, 0.15) is 32.3 Å². The number of carbonyl (C=O) groups excluding carboxylic acids is 3. The Labute approximate surface area is 194 Å². The maximum absolute atomic E-state index is 12.2. The second kappa shape index (κ2) is 6.89. The summed E-state index contributed by atoms with van der Waals surface area (Å²) < 4.78 is 1.65. The van der Waals surface area contributed by atoms with Crippen LogP contribution in [0.5, 0.6) is 0 Å². The molecule has 3 aliphatic heterocycles. The number of benzene rings is 1. The average molecular weight is 461 g/mol. The molecule has 0 aliphatic carbocycles. The van der Waals surface area contributed by atoms with E-state index in [9.17, 15) is 14.4 Å². The Balaban J connectivity index is 1.24. The Kier molecular flexibility index (Phi) is 4.13. The summed E-state index contributed by atoms with van der Waals surface area (Å²) in [5.74, 6) is 0.754. The number of hydrogen-bond acceptors (Lipinski definition) is 8. The normalized spacial score (nSPS) is 20.3. The summed E-state index contributed by atoms with van der Waals surface area (Å²) in [5.41, 5.74) is 1.65. The van der Waals surface area contributed by atoms with E-state index in [4.69, 9.17) is 0 Å². The third-order valence-corrected chi connectivity index (χ3v) is 6.93. The van der Waals surface area contributed by atoms with Gasteiger partial charge in [-0.15, -0.1) is 5.10 Å². The molecule has 1 spiro atoms. The molecule has 2 aromatic heterocycles. The summed E-state index contributed by atoms with van der Waals surface area (Å²) in [7, 11) is 0. The molecule has 0 atom stereocenters. The van der Waals surface area contributed by atoms with Crippen LogP contribution in [0, 0.1) is 0 Å². The Morgan fingerprint density at radius 1 is 1.06 bits per heavy atom. The van der Waals surface area contributed by atoms with Crippen molar-refractivity contribution in [3.8, 4) is 0 Å². The third kappa shape index (κ3) is 2.98. The zero-order chi connectivity index (χ0) is 23.7. The summed E-state index contributed by atoms with van der Waals surface area (Å²) in [5, 5.41) is 15.7. The molecule has 1 aromatic carbocycles. The van der Waals surface area contributed by atoms with Gasteiger partial charge in [0.15, 0.2) is 11.5 Å². The minimum atomic E-state index is -0.851. The monoisotopic (exact) mass is 461 g/mol. The number of piperidine rings is 1. The summed E-state index contributed by atoms with van der Waals surface area (Å²) in [6.45, 7) is 4.87. The molecule has 0 unspecified atom stereocenters. The average Bonchev–Trinajstić information content (AvgIpc) is 3.40. The van der Waals surface area contributed by atoms with Crippen molar-refractivity contribution in [1.82, 2.24) is 30.2 Å². The van der Waals surface area contributed by atoms with Crippen molar-refractivity contribution in [2.45, 2.75) is 37.6 Å². The summed E-state index contributed by atoms with van der Waals surface area (Å²) >= 11 is 0. The fourth-order valence-corrected chi connectivity index (χ4v) is 4.86. The van der Waals surface area contributed by atoms with E-state index in [-0.39, 0.29) is 11.8 Å². The number of urea groups is 1. The molecule has 0 bridgehead atoms. The summed E-state index contributed by atoms with van der Waals surface area (Å²) in [4.78, 5) is 47.3. The number of anilines is 4. The van der Waals surface area contributed by atoms with Gasteiger partial charge >= 0.3 is 6.03 Å². The molecule has 0 saturated carbocycles. The van der Waals surface area contributed by atoms with Gasteiger partial charge < -0.3 is 20.9 Å². The number of rotatable bonds is 3. The lowest BCUT2D eigenvalue weighted by Crippen LogP contribution is -2.55. The quantitative estimate of drug-likeness (QED) is 0.427. The van der Waals surface area contributed by atoms with Gasteiger partial charge in [0.25, 0.3) is 5.91 Å². The zero-order valence-corrected chi connectivity index (χ0v) is 18.7. The highest BCUT2D eigenvalue weighted by Crippen LogP contribution is 2.39.